The summed E-state index contributed by atoms with van der Waals surface area (Å²) < 4.78 is 19.7. The number of ether oxygens (including phenoxy) is 4. The molecular weight excluding hydrogens is 498 g/mol. The van der Waals surface area contributed by atoms with Gasteiger partial charge in [-0.25, -0.2) is 9.59 Å². The zero-order valence-corrected chi connectivity index (χ0v) is 20.4. The fourth-order valence-corrected chi connectivity index (χ4v) is 4.51. The number of methoxy groups -OCH3 is 1. The maximum Gasteiger partial charge on any atom is 0.511 e. The van der Waals surface area contributed by atoms with Gasteiger partial charge in [0.15, 0.2) is 0 Å². The first-order chi connectivity index (χ1) is 16.2. The Bertz CT molecular complexity index is 909. The third-order valence-corrected chi connectivity index (χ3v) is 6.01. The smallest absolute Gasteiger partial charge is 0.435 e. The lowest BCUT2D eigenvalue weighted by Crippen LogP contribution is -2.71. The molecule has 0 saturated carbocycles. The molecule has 0 aromatic heterocycles. The van der Waals surface area contributed by atoms with Crippen LogP contribution < -0.4 is 5.32 Å². The molecule has 2 rings (SSSR count). The summed E-state index contributed by atoms with van der Waals surface area (Å²) in [5, 5.41) is 5.12. The molecule has 0 aliphatic carbocycles. The highest BCUT2D eigenvalue weighted by Crippen LogP contribution is 2.40. The molecule has 0 spiro atoms. The number of alkyl halides is 1. The van der Waals surface area contributed by atoms with E-state index in [1.165, 1.54) is 25.8 Å². The molecule has 2 aliphatic rings. The highest BCUT2D eigenvalue weighted by Gasteiger charge is 2.55. The van der Waals surface area contributed by atoms with E-state index in [2.05, 4.69) is 20.0 Å². The van der Waals surface area contributed by atoms with Gasteiger partial charge in [-0.3, -0.25) is 19.3 Å². The molecule has 1 fully saturated rings. The molecule has 2 heterocycles. The first-order valence-corrected chi connectivity index (χ1v) is 11.5. The van der Waals surface area contributed by atoms with Crippen LogP contribution in [0.2, 0.25) is 0 Å². The SMILES string of the molecule is CCOC(=O)OC(C)OC(=O)C1=C(COC)CS[C@H]2C(NC(=O)C(=NOC)C(=O)CCl)C(=O)N12. The number of β-lactam (4-membered cyclic amide) rings is 1. The molecule has 188 valence electrons. The molecule has 34 heavy (non-hydrogen) atoms. The number of nitrogens with zero attached hydrogens (tertiary/aromatic N) is 2. The number of hydrogen-bond donors (Lipinski definition) is 1. The maximum absolute atomic E-state index is 12.9. The number of thioether (sulfide) groups is 1. The molecule has 1 saturated heterocycles. The van der Waals surface area contributed by atoms with Crippen molar-refractivity contribution in [1.29, 1.82) is 0 Å². The Labute approximate surface area is 204 Å². The molecule has 0 aromatic rings. The Kier molecular flexibility index (Phi) is 10.1. The Hall–Kier alpha value is -2.84. The fraction of sp³-hybridized carbons (Fsp3) is 0.579. The quantitative estimate of drug-likeness (QED) is 0.0750. The van der Waals surface area contributed by atoms with Crippen molar-refractivity contribution in [2.24, 2.45) is 5.16 Å². The molecule has 0 bridgehead atoms. The minimum Gasteiger partial charge on any atom is -0.435 e. The number of esters is 1. The number of rotatable bonds is 11. The normalized spacial score (nSPS) is 20.6. The first kappa shape index (κ1) is 27.4. The highest BCUT2D eigenvalue weighted by molar-refractivity contribution is 8.00. The van der Waals surface area contributed by atoms with Crippen LogP contribution in [-0.2, 0) is 43.0 Å². The van der Waals surface area contributed by atoms with E-state index < -0.39 is 59.0 Å². The molecule has 3 atom stereocenters. The van der Waals surface area contributed by atoms with Gasteiger partial charge in [-0.05, 0) is 12.5 Å². The number of halogens is 1. The molecule has 0 radical (unpaired) electrons. The molecule has 13 nitrogen and oxygen atoms in total. The van der Waals surface area contributed by atoms with Gasteiger partial charge in [-0.2, -0.15) is 0 Å². The van der Waals surface area contributed by atoms with Gasteiger partial charge in [0, 0.05) is 19.8 Å². The summed E-state index contributed by atoms with van der Waals surface area (Å²) in [7, 11) is 2.57. The predicted octanol–water partition coefficient (Wildman–Crippen LogP) is 0.159. The molecular formula is C19H24ClN3O10S. The van der Waals surface area contributed by atoms with Gasteiger partial charge in [0.2, 0.25) is 17.8 Å². The van der Waals surface area contributed by atoms with Crippen molar-refractivity contribution in [3.63, 3.8) is 0 Å². The average molecular weight is 522 g/mol. The van der Waals surface area contributed by atoms with E-state index in [1.54, 1.807) is 6.92 Å². The number of carbonyl (C=O) groups excluding carboxylic acids is 5. The molecule has 2 unspecified atom stereocenters. The zero-order valence-electron chi connectivity index (χ0n) is 18.8. The predicted molar refractivity (Wildman–Crippen MR) is 118 cm³/mol. The van der Waals surface area contributed by atoms with Gasteiger partial charge >= 0.3 is 12.1 Å². The second kappa shape index (κ2) is 12.6. The number of nitrogens with one attached hydrogen (secondary N) is 1. The van der Waals surface area contributed by atoms with Crippen LogP contribution in [-0.4, -0.2) is 97.1 Å². The number of Topliss-reactive ketones (excluding diaryl/α,β-unsaturated/α-hetero) is 1. The summed E-state index contributed by atoms with van der Waals surface area (Å²) in [6.45, 7) is 3.00. The van der Waals surface area contributed by atoms with Crippen molar-refractivity contribution in [3.8, 4) is 0 Å². The van der Waals surface area contributed by atoms with Crippen LogP contribution >= 0.6 is 23.4 Å². The topological polar surface area (TPSA) is 159 Å². The lowest BCUT2D eigenvalue weighted by Gasteiger charge is -2.49. The van der Waals surface area contributed by atoms with Crippen molar-refractivity contribution in [1.82, 2.24) is 10.2 Å². The zero-order chi connectivity index (χ0) is 25.4. The van der Waals surface area contributed by atoms with Gasteiger partial charge < -0.3 is 29.1 Å². The van der Waals surface area contributed by atoms with Crippen molar-refractivity contribution in [2.45, 2.75) is 31.6 Å². The summed E-state index contributed by atoms with van der Waals surface area (Å²) in [6, 6.07) is -1.05. The molecule has 15 heteroatoms. The van der Waals surface area contributed by atoms with Gasteiger partial charge in [0.1, 0.15) is 24.2 Å². The first-order valence-electron chi connectivity index (χ1n) is 9.91. The molecule has 1 N–H and O–H groups in total. The van der Waals surface area contributed by atoms with Crippen LogP contribution in [0.3, 0.4) is 0 Å². The van der Waals surface area contributed by atoms with Crippen LogP contribution in [0.25, 0.3) is 0 Å². The third kappa shape index (κ3) is 6.18. The number of amides is 2. The van der Waals surface area contributed by atoms with Crippen molar-refractivity contribution in [2.75, 3.05) is 39.1 Å². The van der Waals surface area contributed by atoms with E-state index in [-0.39, 0.29) is 24.7 Å². The lowest BCUT2D eigenvalue weighted by molar-refractivity contribution is -0.169. The third-order valence-electron chi connectivity index (χ3n) is 4.43. The van der Waals surface area contributed by atoms with E-state index in [0.717, 1.165) is 12.0 Å². The van der Waals surface area contributed by atoms with E-state index >= 15 is 0 Å². The van der Waals surface area contributed by atoms with Gasteiger partial charge in [-0.15, -0.1) is 23.4 Å². The van der Waals surface area contributed by atoms with E-state index in [0.29, 0.717) is 5.57 Å². The second-order valence-electron chi connectivity index (χ2n) is 6.70. The van der Waals surface area contributed by atoms with Gasteiger partial charge in [0.05, 0.1) is 19.1 Å². The minimum atomic E-state index is -1.29. The lowest BCUT2D eigenvalue weighted by atomic mass is 10.0. The minimum absolute atomic E-state index is 0.0347. The number of fused-ring (bicyclic) bond motifs is 1. The van der Waals surface area contributed by atoms with Crippen LogP contribution in [0.15, 0.2) is 16.4 Å². The Morgan fingerprint density at radius 1 is 1.26 bits per heavy atom. The van der Waals surface area contributed by atoms with Crippen LogP contribution in [0.1, 0.15) is 13.8 Å². The standard InChI is InChI=1S/C19H24ClN3O10S/c1-5-31-19(28)33-9(2)32-18(27)14-10(7-29-3)8-34-17-13(16(26)23(14)17)21-15(25)12(22-30-4)11(24)6-20/h9,13,17H,5-8H2,1-4H3,(H,21,25)/t9?,13?,17-/m0/s1. The fourth-order valence-electron chi connectivity index (χ4n) is 3.06. The maximum atomic E-state index is 12.9. The monoisotopic (exact) mass is 521 g/mol. The summed E-state index contributed by atoms with van der Waals surface area (Å²) >= 11 is 6.76. The van der Waals surface area contributed by atoms with E-state index in [1.807, 2.05) is 0 Å². The van der Waals surface area contributed by atoms with Crippen molar-refractivity contribution >= 4 is 58.8 Å². The summed E-state index contributed by atoms with van der Waals surface area (Å²) in [5.41, 5.74) is -0.207. The summed E-state index contributed by atoms with van der Waals surface area (Å²) in [5.74, 6) is -3.51. The van der Waals surface area contributed by atoms with E-state index in [9.17, 15) is 24.0 Å². The van der Waals surface area contributed by atoms with Crippen LogP contribution in [0.5, 0.6) is 0 Å². The molecule has 0 aromatic carbocycles. The number of hydrogen-bond acceptors (Lipinski definition) is 12. The second-order valence-corrected chi connectivity index (χ2v) is 8.07. The Balaban J connectivity index is 2.18. The highest BCUT2D eigenvalue weighted by atomic mass is 35.5. The Morgan fingerprint density at radius 3 is 2.56 bits per heavy atom. The van der Waals surface area contributed by atoms with Crippen molar-refractivity contribution < 1.29 is 47.8 Å². The molecule has 2 amide bonds. The summed E-state index contributed by atoms with van der Waals surface area (Å²) in [4.78, 5) is 67.2. The number of oxime groups is 1. The van der Waals surface area contributed by atoms with Crippen LogP contribution in [0, 0.1) is 0 Å². The average Bonchev–Trinajstić information content (AvgIpc) is 2.79. The number of ketones is 1. The largest absolute Gasteiger partial charge is 0.511 e. The number of carbonyl (C=O) groups is 5. The summed E-state index contributed by atoms with van der Waals surface area (Å²) in [6.07, 6.45) is -2.31. The van der Waals surface area contributed by atoms with Gasteiger partial charge in [0.25, 0.3) is 11.8 Å². The molecule has 2 aliphatic heterocycles. The Morgan fingerprint density at radius 2 is 1.97 bits per heavy atom. The van der Waals surface area contributed by atoms with Crippen LogP contribution in [0.4, 0.5) is 4.79 Å². The van der Waals surface area contributed by atoms with E-state index in [4.69, 9.17) is 25.8 Å². The van der Waals surface area contributed by atoms with Crippen molar-refractivity contribution in [3.05, 3.63) is 11.3 Å². The van der Waals surface area contributed by atoms with Gasteiger partial charge in [-0.1, -0.05) is 5.16 Å².